The summed E-state index contributed by atoms with van der Waals surface area (Å²) in [6.45, 7) is 6.17. The molecule has 0 spiro atoms. The fourth-order valence-electron chi connectivity index (χ4n) is 3.87. The number of amides is 1. The van der Waals surface area contributed by atoms with Crippen molar-refractivity contribution < 1.29 is 9.53 Å². The maximum atomic E-state index is 12.7. The molecule has 0 radical (unpaired) electrons. The van der Waals surface area contributed by atoms with E-state index in [0.29, 0.717) is 19.6 Å². The van der Waals surface area contributed by atoms with Gasteiger partial charge in [-0.25, -0.2) is 0 Å². The number of benzene rings is 2. The molecule has 1 aliphatic rings. The van der Waals surface area contributed by atoms with E-state index in [1.807, 2.05) is 36.1 Å². The van der Waals surface area contributed by atoms with E-state index in [2.05, 4.69) is 42.4 Å². The fraction of sp³-hybridized carbons (Fsp3) is 0.292. The summed E-state index contributed by atoms with van der Waals surface area (Å²) in [4.78, 5) is 18.0. The van der Waals surface area contributed by atoms with E-state index in [4.69, 9.17) is 4.74 Å². The molecule has 4 rings (SSSR count). The number of ether oxygens (including phenoxy) is 1. The molecule has 0 fully saturated rings. The number of hydrogen-bond acceptors (Lipinski definition) is 2. The predicted octanol–water partition coefficient (Wildman–Crippen LogP) is 4.73. The van der Waals surface area contributed by atoms with Gasteiger partial charge in [-0.05, 0) is 49.1 Å². The number of nitrogens with one attached hydrogen (secondary N) is 1. The molecule has 144 valence electrons. The first-order valence-electron chi connectivity index (χ1n) is 9.91. The van der Waals surface area contributed by atoms with Crippen LogP contribution in [0, 0.1) is 6.92 Å². The smallest absolute Gasteiger partial charge is 0.227 e. The van der Waals surface area contributed by atoms with E-state index in [1.54, 1.807) is 0 Å². The van der Waals surface area contributed by atoms with Crippen LogP contribution in [-0.2, 0) is 11.2 Å². The maximum absolute atomic E-state index is 12.7. The van der Waals surface area contributed by atoms with Gasteiger partial charge in [-0.15, -0.1) is 0 Å². The molecule has 0 unspecified atom stereocenters. The molecular weight excluding hydrogens is 348 g/mol. The number of rotatable bonds is 5. The molecule has 0 aliphatic carbocycles. The molecule has 0 saturated carbocycles. The van der Waals surface area contributed by atoms with E-state index < -0.39 is 0 Å². The Morgan fingerprint density at radius 1 is 1.18 bits per heavy atom. The van der Waals surface area contributed by atoms with Crippen LogP contribution >= 0.6 is 0 Å². The average Bonchev–Trinajstić information content (AvgIpc) is 3.15. The second-order valence-corrected chi connectivity index (χ2v) is 7.27. The van der Waals surface area contributed by atoms with E-state index in [1.165, 1.54) is 27.6 Å². The molecule has 1 amide bonds. The SMILES string of the molecule is CCOc1ccc(CC(=O)N2CC=C(c3c[nH]c4c(C)cccc34)CC2)cc1. The minimum atomic E-state index is 0.175. The lowest BCUT2D eigenvalue weighted by Gasteiger charge is -2.26. The molecule has 0 saturated heterocycles. The predicted molar refractivity (Wildman–Crippen MR) is 114 cm³/mol. The Hall–Kier alpha value is -3.01. The molecule has 0 bridgehead atoms. The molecule has 4 heteroatoms. The summed E-state index contributed by atoms with van der Waals surface area (Å²) in [5.74, 6) is 1.02. The third-order valence-corrected chi connectivity index (χ3v) is 5.42. The van der Waals surface area contributed by atoms with E-state index in [-0.39, 0.29) is 5.91 Å². The number of hydrogen-bond donors (Lipinski definition) is 1. The van der Waals surface area contributed by atoms with Crippen molar-refractivity contribution in [3.63, 3.8) is 0 Å². The van der Waals surface area contributed by atoms with Crippen LogP contribution in [0.25, 0.3) is 16.5 Å². The van der Waals surface area contributed by atoms with Crippen molar-refractivity contribution in [2.45, 2.75) is 26.7 Å². The number of carbonyl (C=O) groups excluding carboxylic acids is 1. The van der Waals surface area contributed by atoms with Gasteiger partial charge in [-0.1, -0.05) is 36.4 Å². The summed E-state index contributed by atoms with van der Waals surface area (Å²) in [6, 6.07) is 14.2. The number of aromatic nitrogens is 1. The normalized spacial score (nSPS) is 14.2. The highest BCUT2D eigenvalue weighted by atomic mass is 16.5. The molecular formula is C24H26N2O2. The number of fused-ring (bicyclic) bond motifs is 1. The Balaban J connectivity index is 1.43. The molecule has 0 atom stereocenters. The highest BCUT2D eigenvalue weighted by Gasteiger charge is 2.19. The average molecular weight is 374 g/mol. The molecule has 1 aliphatic heterocycles. The summed E-state index contributed by atoms with van der Waals surface area (Å²) >= 11 is 0. The van der Waals surface area contributed by atoms with Crippen molar-refractivity contribution in [2.75, 3.05) is 19.7 Å². The van der Waals surface area contributed by atoms with Gasteiger partial charge in [0.15, 0.2) is 0 Å². The zero-order valence-corrected chi connectivity index (χ0v) is 16.5. The van der Waals surface area contributed by atoms with Gasteiger partial charge in [-0.3, -0.25) is 4.79 Å². The Bertz CT molecular complexity index is 1010. The van der Waals surface area contributed by atoms with Crippen LogP contribution in [-0.4, -0.2) is 35.5 Å². The summed E-state index contributed by atoms with van der Waals surface area (Å²) in [6.07, 6.45) is 5.61. The summed E-state index contributed by atoms with van der Waals surface area (Å²) in [5.41, 5.74) is 6.06. The zero-order valence-electron chi connectivity index (χ0n) is 16.5. The van der Waals surface area contributed by atoms with Crippen LogP contribution < -0.4 is 4.74 Å². The van der Waals surface area contributed by atoms with Crippen molar-refractivity contribution in [1.82, 2.24) is 9.88 Å². The lowest BCUT2D eigenvalue weighted by atomic mass is 9.98. The molecule has 28 heavy (non-hydrogen) atoms. The Kier molecular flexibility index (Phi) is 5.20. The van der Waals surface area contributed by atoms with Crippen molar-refractivity contribution in [1.29, 1.82) is 0 Å². The van der Waals surface area contributed by atoms with Gasteiger partial charge in [0.05, 0.1) is 13.0 Å². The second kappa shape index (κ2) is 7.93. The second-order valence-electron chi connectivity index (χ2n) is 7.27. The molecule has 3 aromatic rings. The van der Waals surface area contributed by atoms with Crippen LogP contribution in [0.5, 0.6) is 5.75 Å². The third kappa shape index (κ3) is 3.68. The van der Waals surface area contributed by atoms with Crippen LogP contribution in [0.15, 0.2) is 54.7 Å². The van der Waals surface area contributed by atoms with Crippen LogP contribution in [0.3, 0.4) is 0 Å². The van der Waals surface area contributed by atoms with E-state index in [9.17, 15) is 4.79 Å². The monoisotopic (exact) mass is 374 g/mol. The van der Waals surface area contributed by atoms with Gasteiger partial charge in [0.2, 0.25) is 5.91 Å². The lowest BCUT2D eigenvalue weighted by molar-refractivity contribution is -0.130. The molecule has 2 heterocycles. The summed E-state index contributed by atoms with van der Waals surface area (Å²) in [7, 11) is 0. The first-order valence-corrected chi connectivity index (χ1v) is 9.91. The van der Waals surface area contributed by atoms with Crippen molar-refractivity contribution >= 4 is 22.4 Å². The molecule has 4 nitrogen and oxygen atoms in total. The summed E-state index contributed by atoms with van der Waals surface area (Å²) in [5, 5.41) is 1.26. The zero-order chi connectivity index (χ0) is 19.5. The van der Waals surface area contributed by atoms with E-state index >= 15 is 0 Å². The van der Waals surface area contributed by atoms with Crippen LogP contribution in [0.2, 0.25) is 0 Å². The Morgan fingerprint density at radius 3 is 2.71 bits per heavy atom. The van der Waals surface area contributed by atoms with Crippen molar-refractivity contribution in [3.8, 4) is 5.75 Å². The highest BCUT2D eigenvalue weighted by Crippen LogP contribution is 2.30. The summed E-state index contributed by atoms with van der Waals surface area (Å²) < 4.78 is 5.46. The Labute approximate surface area is 165 Å². The Morgan fingerprint density at radius 2 is 2.00 bits per heavy atom. The molecule has 2 aromatic carbocycles. The topological polar surface area (TPSA) is 45.3 Å². The minimum absolute atomic E-state index is 0.175. The number of aromatic amines is 1. The standard InChI is InChI=1S/C24H26N2O2/c1-3-28-20-9-7-18(8-10-20)15-23(27)26-13-11-19(12-14-26)22-16-25-24-17(2)5-4-6-21(22)24/h4-11,16,25H,3,12-15H2,1-2H3. The quantitative estimate of drug-likeness (QED) is 0.701. The van der Waals surface area contributed by atoms with Crippen LogP contribution in [0.4, 0.5) is 0 Å². The number of nitrogens with zero attached hydrogens (tertiary/aromatic N) is 1. The van der Waals surface area contributed by atoms with Gasteiger partial charge >= 0.3 is 0 Å². The van der Waals surface area contributed by atoms with Gasteiger partial charge in [0, 0.05) is 35.8 Å². The number of para-hydroxylation sites is 1. The van der Waals surface area contributed by atoms with Gasteiger partial charge < -0.3 is 14.6 Å². The van der Waals surface area contributed by atoms with E-state index in [0.717, 1.165) is 24.3 Å². The highest BCUT2D eigenvalue weighted by molar-refractivity contribution is 5.94. The number of carbonyl (C=O) groups is 1. The number of aryl methyl sites for hydroxylation is 1. The minimum Gasteiger partial charge on any atom is -0.494 e. The van der Waals surface area contributed by atoms with Gasteiger partial charge in [-0.2, -0.15) is 0 Å². The van der Waals surface area contributed by atoms with Gasteiger partial charge in [0.25, 0.3) is 0 Å². The maximum Gasteiger partial charge on any atom is 0.227 e. The van der Waals surface area contributed by atoms with Crippen molar-refractivity contribution in [2.24, 2.45) is 0 Å². The third-order valence-electron chi connectivity index (χ3n) is 5.42. The van der Waals surface area contributed by atoms with Gasteiger partial charge in [0.1, 0.15) is 5.75 Å². The first kappa shape index (κ1) is 18.4. The number of H-pyrrole nitrogens is 1. The lowest BCUT2D eigenvalue weighted by Crippen LogP contribution is -2.35. The largest absolute Gasteiger partial charge is 0.494 e. The van der Waals surface area contributed by atoms with Crippen molar-refractivity contribution in [3.05, 3.63) is 71.4 Å². The molecule has 1 aromatic heterocycles. The molecule has 1 N–H and O–H groups in total. The first-order chi connectivity index (χ1) is 13.7. The van der Waals surface area contributed by atoms with Crippen LogP contribution in [0.1, 0.15) is 30.0 Å². The fourth-order valence-corrected chi connectivity index (χ4v) is 3.87.